The first-order valence-corrected chi connectivity index (χ1v) is 22.6. The molecule has 0 amide bonds. The van der Waals surface area contributed by atoms with Crippen molar-refractivity contribution < 1.29 is 0 Å². The first-order valence-electron chi connectivity index (χ1n) is 22.6. The Kier molecular flexibility index (Phi) is 9.44. The molecule has 316 valence electrons. The SMILES string of the molecule is CC(C)(C)c1ccc2c(c1)c1cc(C(C)(C)C)ccc1n2-c1nc(-c2ccc(C(c3ccccc3)(c3ccccc3)c3ccccc3)cc2)nc(-n2c3ccccc3c3ccccc32)n1. The van der Waals surface area contributed by atoms with Crippen LogP contribution in [0.4, 0.5) is 0 Å². The van der Waals surface area contributed by atoms with Gasteiger partial charge in [-0.25, -0.2) is 0 Å². The van der Waals surface area contributed by atoms with Crippen molar-refractivity contribution in [2.24, 2.45) is 0 Å². The smallest absolute Gasteiger partial charge is 0.240 e. The van der Waals surface area contributed by atoms with Crippen LogP contribution >= 0.6 is 0 Å². The van der Waals surface area contributed by atoms with Crippen LogP contribution in [-0.2, 0) is 16.2 Å². The fourth-order valence-electron chi connectivity index (χ4n) is 9.93. The highest BCUT2D eigenvalue weighted by atomic mass is 15.3. The maximum Gasteiger partial charge on any atom is 0.240 e. The Labute approximate surface area is 380 Å². The molecule has 0 radical (unpaired) electrons. The van der Waals surface area contributed by atoms with Crippen LogP contribution in [0.25, 0.3) is 66.9 Å². The molecule has 0 N–H and O–H groups in total. The zero-order chi connectivity index (χ0) is 44.5. The van der Waals surface area contributed by atoms with Crippen LogP contribution in [0.2, 0.25) is 0 Å². The Morgan fingerprint density at radius 3 is 1.05 bits per heavy atom. The second-order valence-corrected chi connectivity index (χ2v) is 19.4. The monoisotopic (exact) mass is 841 g/mol. The van der Waals surface area contributed by atoms with Crippen molar-refractivity contribution in [3.8, 4) is 23.3 Å². The molecule has 3 heterocycles. The first-order chi connectivity index (χ1) is 31.5. The number of benzene rings is 8. The molecule has 0 bridgehead atoms. The Bertz CT molecular complexity index is 3310. The van der Waals surface area contributed by atoms with Gasteiger partial charge in [0.15, 0.2) is 5.82 Å². The van der Waals surface area contributed by atoms with E-state index < -0.39 is 5.41 Å². The van der Waals surface area contributed by atoms with Crippen molar-refractivity contribution >= 4 is 43.6 Å². The van der Waals surface area contributed by atoms with Gasteiger partial charge in [-0.1, -0.05) is 205 Å². The standard InChI is InChI=1S/C60H51N5/c1-58(2,3)45-34-36-53-49(38-45)50-39-46(59(4,5)6)35-37-54(50)65(53)57-62-55(61-56(63-57)64-51-28-18-16-26-47(51)48-27-17-19-29-52(48)64)40-30-32-44(33-31-40)60(41-20-10-7-11-21-41,42-22-12-8-13-23-42)43-24-14-9-15-25-43/h7-39H,1-6H3. The zero-order valence-corrected chi connectivity index (χ0v) is 37.8. The fraction of sp³-hybridized carbons (Fsp3) is 0.150. The predicted octanol–water partition coefficient (Wildman–Crippen LogP) is 14.7. The summed E-state index contributed by atoms with van der Waals surface area (Å²) in [5.41, 5.74) is 11.7. The van der Waals surface area contributed by atoms with E-state index in [1.54, 1.807) is 0 Å². The normalized spacial score (nSPS) is 12.5. The molecule has 0 saturated heterocycles. The van der Waals surface area contributed by atoms with Gasteiger partial charge in [-0.05, 0) is 80.6 Å². The second-order valence-electron chi connectivity index (χ2n) is 19.4. The van der Waals surface area contributed by atoms with Crippen molar-refractivity contribution in [2.75, 3.05) is 0 Å². The third-order valence-corrected chi connectivity index (χ3v) is 13.3. The molecule has 0 atom stereocenters. The van der Waals surface area contributed by atoms with Gasteiger partial charge >= 0.3 is 0 Å². The summed E-state index contributed by atoms with van der Waals surface area (Å²) < 4.78 is 4.44. The van der Waals surface area contributed by atoms with Gasteiger partial charge in [-0.2, -0.15) is 15.0 Å². The summed E-state index contributed by atoms with van der Waals surface area (Å²) in [4.78, 5) is 16.3. The Morgan fingerprint density at radius 1 is 0.308 bits per heavy atom. The van der Waals surface area contributed by atoms with E-state index in [2.05, 4.69) is 251 Å². The summed E-state index contributed by atoms with van der Waals surface area (Å²) in [6.07, 6.45) is 0. The van der Waals surface area contributed by atoms with Gasteiger partial charge in [0.05, 0.1) is 27.5 Å². The van der Waals surface area contributed by atoms with Gasteiger partial charge in [0.1, 0.15) is 0 Å². The predicted molar refractivity (Wildman–Crippen MR) is 270 cm³/mol. The van der Waals surface area contributed by atoms with E-state index in [0.29, 0.717) is 17.7 Å². The van der Waals surface area contributed by atoms with Crippen molar-refractivity contribution in [1.82, 2.24) is 24.1 Å². The minimum Gasteiger partial charge on any atom is -0.278 e. The highest BCUT2D eigenvalue weighted by molar-refractivity contribution is 6.10. The van der Waals surface area contributed by atoms with Crippen LogP contribution in [0.15, 0.2) is 200 Å². The highest BCUT2D eigenvalue weighted by Gasteiger charge is 2.38. The molecule has 0 aliphatic carbocycles. The molecular weight excluding hydrogens is 791 g/mol. The quantitative estimate of drug-likeness (QED) is 0.150. The summed E-state index contributed by atoms with van der Waals surface area (Å²) in [5.74, 6) is 1.72. The number of aromatic nitrogens is 5. The summed E-state index contributed by atoms with van der Waals surface area (Å²) in [6, 6.07) is 72.2. The third kappa shape index (κ3) is 6.64. The number of hydrogen-bond acceptors (Lipinski definition) is 3. The summed E-state index contributed by atoms with van der Waals surface area (Å²) >= 11 is 0. The average molecular weight is 842 g/mol. The lowest BCUT2D eigenvalue weighted by molar-refractivity contribution is 0.590. The van der Waals surface area contributed by atoms with Crippen LogP contribution in [0.5, 0.6) is 0 Å². The van der Waals surface area contributed by atoms with Crippen LogP contribution in [-0.4, -0.2) is 24.1 Å². The zero-order valence-electron chi connectivity index (χ0n) is 37.8. The maximum absolute atomic E-state index is 5.47. The minimum atomic E-state index is -0.582. The van der Waals surface area contributed by atoms with Crippen molar-refractivity contribution in [1.29, 1.82) is 0 Å². The molecule has 5 heteroatoms. The third-order valence-electron chi connectivity index (χ3n) is 13.3. The Morgan fingerprint density at radius 2 is 0.646 bits per heavy atom. The lowest BCUT2D eigenvalue weighted by atomic mass is 9.65. The second kappa shape index (κ2) is 15.3. The first kappa shape index (κ1) is 40.2. The number of rotatable bonds is 7. The highest BCUT2D eigenvalue weighted by Crippen LogP contribution is 2.46. The van der Waals surface area contributed by atoms with Crippen LogP contribution in [0.3, 0.4) is 0 Å². The molecule has 3 aromatic heterocycles. The summed E-state index contributed by atoms with van der Waals surface area (Å²) in [5, 5.41) is 4.66. The number of fused-ring (bicyclic) bond motifs is 6. The molecule has 0 aliphatic rings. The molecule has 0 saturated carbocycles. The number of para-hydroxylation sites is 2. The van der Waals surface area contributed by atoms with Gasteiger partial charge in [0, 0.05) is 27.1 Å². The van der Waals surface area contributed by atoms with E-state index in [0.717, 1.165) is 44.0 Å². The maximum atomic E-state index is 5.47. The molecule has 0 fully saturated rings. The van der Waals surface area contributed by atoms with E-state index in [1.807, 2.05) is 0 Å². The van der Waals surface area contributed by atoms with E-state index in [-0.39, 0.29) is 10.8 Å². The fourth-order valence-corrected chi connectivity index (χ4v) is 9.93. The lowest BCUT2D eigenvalue weighted by Gasteiger charge is -2.37. The van der Waals surface area contributed by atoms with E-state index in [1.165, 1.54) is 38.6 Å². The molecule has 0 spiro atoms. The van der Waals surface area contributed by atoms with Crippen LogP contribution in [0.1, 0.15) is 74.9 Å². The van der Waals surface area contributed by atoms with Gasteiger partial charge in [0.2, 0.25) is 11.9 Å². The molecule has 0 aliphatic heterocycles. The Hall–Kier alpha value is -7.63. The molecule has 8 aromatic carbocycles. The van der Waals surface area contributed by atoms with Gasteiger partial charge in [0.25, 0.3) is 0 Å². The van der Waals surface area contributed by atoms with Crippen molar-refractivity contribution in [3.63, 3.8) is 0 Å². The topological polar surface area (TPSA) is 48.5 Å². The molecule has 0 unspecified atom stereocenters. The van der Waals surface area contributed by atoms with E-state index in [9.17, 15) is 0 Å². The molecular formula is C60H51N5. The van der Waals surface area contributed by atoms with Crippen molar-refractivity contribution in [3.05, 3.63) is 234 Å². The summed E-state index contributed by atoms with van der Waals surface area (Å²) in [6.45, 7) is 13.7. The minimum absolute atomic E-state index is 0.0282. The van der Waals surface area contributed by atoms with Crippen LogP contribution < -0.4 is 0 Å². The van der Waals surface area contributed by atoms with Gasteiger partial charge in [-0.15, -0.1) is 0 Å². The number of nitrogens with zero attached hydrogens (tertiary/aromatic N) is 5. The van der Waals surface area contributed by atoms with E-state index >= 15 is 0 Å². The average Bonchev–Trinajstić information content (AvgIpc) is 3.85. The molecule has 5 nitrogen and oxygen atoms in total. The summed E-state index contributed by atoms with van der Waals surface area (Å²) in [7, 11) is 0. The van der Waals surface area contributed by atoms with Gasteiger partial charge in [-0.3, -0.25) is 9.13 Å². The van der Waals surface area contributed by atoms with E-state index in [4.69, 9.17) is 15.0 Å². The molecule has 11 aromatic rings. The Balaban J connectivity index is 1.18. The van der Waals surface area contributed by atoms with Gasteiger partial charge < -0.3 is 0 Å². The van der Waals surface area contributed by atoms with Crippen LogP contribution in [0, 0.1) is 0 Å². The molecule has 65 heavy (non-hydrogen) atoms. The lowest BCUT2D eigenvalue weighted by Crippen LogP contribution is -2.30. The largest absolute Gasteiger partial charge is 0.278 e. The number of hydrogen-bond donors (Lipinski definition) is 0. The molecule has 11 rings (SSSR count). The van der Waals surface area contributed by atoms with Crippen molar-refractivity contribution in [2.45, 2.75) is 57.8 Å².